The van der Waals surface area contributed by atoms with Gasteiger partial charge in [0.25, 0.3) is 0 Å². The molecule has 5 nitrogen and oxygen atoms in total. The number of methoxy groups -OCH3 is 1. The molecule has 3 aromatic rings. The summed E-state index contributed by atoms with van der Waals surface area (Å²) in [7, 11) is 1.49. The summed E-state index contributed by atoms with van der Waals surface area (Å²) in [5, 5.41) is 1.05. The average Bonchev–Trinajstić information content (AvgIpc) is 2.46. The summed E-state index contributed by atoms with van der Waals surface area (Å²) in [6, 6.07) is 9.76. The summed E-state index contributed by atoms with van der Waals surface area (Å²) >= 11 is 5.87. The molecule has 0 fully saturated rings. The summed E-state index contributed by atoms with van der Waals surface area (Å²) in [4.78, 5) is 16.5. The first-order valence-corrected chi connectivity index (χ1v) is 5.95. The molecule has 0 aliphatic heterocycles. The predicted molar refractivity (Wildman–Crippen MR) is 72.1 cm³/mol. The summed E-state index contributed by atoms with van der Waals surface area (Å²) in [6.45, 7) is 0. The minimum absolute atomic E-state index is 0.0998. The van der Waals surface area contributed by atoms with Gasteiger partial charge in [-0.15, -0.1) is 0 Å². The van der Waals surface area contributed by atoms with E-state index in [4.69, 9.17) is 16.3 Å². The summed E-state index contributed by atoms with van der Waals surface area (Å²) in [6.07, 6.45) is 1.74. The fourth-order valence-electron chi connectivity index (χ4n) is 1.84. The van der Waals surface area contributed by atoms with Crippen molar-refractivity contribution in [3.63, 3.8) is 0 Å². The van der Waals surface area contributed by atoms with Crippen LogP contribution >= 0.6 is 11.6 Å². The first-order valence-electron chi connectivity index (χ1n) is 5.57. The molecule has 0 saturated carbocycles. The Balaban J connectivity index is 2.27. The van der Waals surface area contributed by atoms with Gasteiger partial charge in [-0.3, -0.25) is 4.98 Å². The summed E-state index contributed by atoms with van der Waals surface area (Å²) in [5.41, 5.74) is 1.71. The lowest BCUT2D eigenvalue weighted by Crippen LogP contribution is -1.98. The van der Waals surface area contributed by atoms with E-state index in [2.05, 4.69) is 19.9 Å². The number of nitrogens with zero attached hydrogens (tertiary/aromatic N) is 4. The standard InChI is InChI=1S/C13H9ClN4O/c1-19-13-17-11(16-12(14)18-13)9-4-2-6-10-8(9)5-3-7-15-10/h2-7H,1H3. The second-order valence-corrected chi connectivity index (χ2v) is 4.13. The van der Waals surface area contributed by atoms with Gasteiger partial charge in [0.2, 0.25) is 5.28 Å². The number of hydrogen-bond donors (Lipinski definition) is 0. The normalized spacial score (nSPS) is 10.6. The number of hydrogen-bond acceptors (Lipinski definition) is 5. The van der Waals surface area contributed by atoms with Gasteiger partial charge in [0.15, 0.2) is 5.82 Å². The van der Waals surface area contributed by atoms with Gasteiger partial charge in [0, 0.05) is 17.1 Å². The van der Waals surface area contributed by atoms with E-state index in [1.165, 1.54) is 7.11 Å². The largest absolute Gasteiger partial charge is 0.467 e. The van der Waals surface area contributed by atoms with Crippen molar-refractivity contribution in [1.29, 1.82) is 0 Å². The van der Waals surface area contributed by atoms with Crippen molar-refractivity contribution in [2.45, 2.75) is 0 Å². The third kappa shape index (κ3) is 2.20. The van der Waals surface area contributed by atoms with Crippen LogP contribution in [0.3, 0.4) is 0 Å². The van der Waals surface area contributed by atoms with Gasteiger partial charge in [-0.25, -0.2) is 0 Å². The van der Waals surface area contributed by atoms with Gasteiger partial charge in [-0.1, -0.05) is 18.2 Å². The molecule has 0 amide bonds. The van der Waals surface area contributed by atoms with Crippen molar-refractivity contribution in [1.82, 2.24) is 19.9 Å². The number of fused-ring (bicyclic) bond motifs is 1. The fraction of sp³-hybridized carbons (Fsp3) is 0.0769. The Morgan fingerprint density at radius 3 is 2.79 bits per heavy atom. The van der Waals surface area contributed by atoms with Crippen LogP contribution in [0.2, 0.25) is 5.28 Å². The monoisotopic (exact) mass is 272 g/mol. The Hall–Kier alpha value is -2.27. The van der Waals surface area contributed by atoms with Crippen molar-refractivity contribution >= 4 is 22.5 Å². The highest BCUT2D eigenvalue weighted by Crippen LogP contribution is 2.26. The molecule has 0 N–H and O–H groups in total. The number of rotatable bonds is 2. The van der Waals surface area contributed by atoms with Gasteiger partial charge in [0.1, 0.15) is 0 Å². The highest BCUT2D eigenvalue weighted by Gasteiger charge is 2.10. The molecule has 0 spiro atoms. The molecule has 0 saturated heterocycles. The molecule has 2 aromatic heterocycles. The average molecular weight is 273 g/mol. The number of ether oxygens (including phenoxy) is 1. The second-order valence-electron chi connectivity index (χ2n) is 3.79. The quantitative estimate of drug-likeness (QED) is 0.718. The Bertz CT molecular complexity index is 742. The van der Waals surface area contributed by atoms with Gasteiger partial charge in [-0.05, 0) is 23.7 Å². The molecule has 0 bridgehead atoms. The van der Waals surface area contributed by atoms with E-state index in [9.17, 15) is 0 Å². The van der Waals surface area contributed by atoms with E-state index in [0.29, 0.717) is 5.82 Å². The van der Waals surface area contributed by atoms with E-state index in [0.717, 1.165) is 16.5 Å². The number of benzene rings is 1. The third-order valence-corrected chi connectivity index (χ3v) is 2.83. The molecular formula is C13H9ClN4O. The zero-order chi connectivity index (χ0) is 13.2. The zero-order valence-electron chi connectivity index (χ0n) is 10.0. The Morgan fingerprint density at radius 1 is 1.05 bits per heavy atom. The molecule has 0 aliphatic carbocycles. The summed E-state index contributed by atoms with van der Waals surface area (Å²) in [5.74, 6) is 0.468. The molecule has 6 heteroatoms. The van der Waals surface area contributed by atoms with Crippen LogP contribution in [-0.2, 0) is 0 Å². The molecule has 94 valence electrons. The maximum Gasteiger partial charge on any atom is 0.321 e. The van der Waals surface area contributed by atoms with Gasteiger partial charge < -0.3 is 4.74 Å². The Kier molecular flexibility index (Phi) is 2.97. The fourth-order valence-corrected chi connectivity index (χ4v) is 1.99. The van der Waals surface area contributed by atoms with Crippen LogP contribution < -0.4 is 4.74 Å². The van der Waals surface area contributed by atoms with Gasteiger partial charge in [0.05, 0.1) is 12.6 Å². The second kappa shape index (κ2) is 4.78. The van der Waals surface area contributed by atoms with Gasteiger partial charge >= 0.3 is 6.01 Å². The van der Waals surface area contributed by atoms with Crippen molar-refractivity contribution in [2.24, 2.45) is 0 Å². The molecule has 0 aliphatic rings. The highest BCUT2D eigenvalue weighted by atomic mass is 35.5. The number of aromatic nitrogens is 4. The molecule has 1 aromatic carbocycles. The van der Waals surface area contributed by atoms with E-state index < -0.39 is 0 Å². The topological polar surface area (TPSA) is 60.8 Å². The molecule has 0 unspecified atom stereocenters. The van der Waals surface area contributed by atoms with E-state index in [1.54, 1.807) is 6.20 Å². The SMILES string of the molecule is COc1nc(Cl)nc(-c2cccc3ncccc23)n1. The zero-order valence-corrected chi connectivity index (χ0v) is 10.8. The van der Waals surface area contributed by atoms with Crippen LogP contribution in [0.5, 0.6) is 6.01 Å². The minimum Gasteiger partial charge on any atom is -0.467 e. The first kappa shape index (κ1) is 11.8. The maximum atomic E-state index is 5.87. The van der Waals surface area contributed by atoms with Crippen LogP contribution in [0.4, 0.5) is 0 Å². The lowest BCUT2D eigenvalue weighted by atomic mass is 10.1. The smallest absolute Gasteiger partial charge is 0.321 e. The Morgan fingerprint density at radius 2 is 1.95 bits per heavy atom. The van der Waals surface area contributed by atoms with E-state index in [-0.39, 0.29) is 11.3 Å². The minimum atomic E-state index is 0.0998. The maximum absolute atomic E-state index is 5.87. The number of halogens is 1. The molecule has 0 atom stereocenters. The van der Waals surface area contributed by atoms with Crippen LogP contribution in [0.1, 0.15) is 0 Å². The molecule has 19 heavy (non-hydrogen) atoms. The van der Waals surface area contributed by atoms with Crippen molar-refractivity contribution < 1.29 is 4.74 Å². The Labute approximate surface area is 114 Å². The molecule has 2 heterocycles. The summed E-state index contributed by atoms with van der Waals surface area (Å²) < 4.78 is 5.01. The van der Waals surface area contributed by atoms with Crippen molar-refractivity contribution in [2.75, 3.05) is 7.11 Å². The highest BCUT2D eigenvalue weighted by molar-refractivity contribution is 6.28. The molecular weight excluding hydrogens is 264 g/mol. The lowest BCUT2D eigenvalue weighted by molar-refractivity contribution is 0.379. The van der Waals surface area contributed by atoms with Crippen LogP contribution in [0.15, 0.2) is 36.5 Å². The first-order chi connectivity index (χ1) is 9.28. The van der Waals surface area contributed by atoms with Gasteiger partial charge in [-0.2, -0.15) is 15.0 Å². The van der Waals surface area contributed by atoms with Crippen molar-refractivity contribution in [3.05, 3.63) is 41.8 Å². The molecule has 3 rings (SSSR count). The number of pyridine rings is 1. The van der Waals surface area contributed by atoms with Crippen LogP contribution in [-0.4, -0.2) is 27.0 Å². The van der Waals surface area contributed by atoms with Crippen molar-refractivity contribution in [3.8, 4) is 17.4 Å². The van der Waals surface area contributed by atoms with Crippen LogP contribution in [0, 0.1) is 0 Å². The lowest BCUT2D eigenvalue weighted by Gasteiger charge is -2.06. The molecule has 0 radical (unpaired) electrons. The van der Waals surface area contributed by atoms with Crippen LogP contribution in [0.25, 0.3) is 22.3 Å². The van der Waals surface area contributed by atoms with E-state index in [1.807, 2.05) is 30.3 Å². The van der Waals surface area contributed by atoms with E-state index >= 15 is 0 Å². The predicted octanol–water partition coefficient (Wildman–Crippen LogP) is 2.75. The third-order valence-electron chi connectivity index (χ3n) is 2.66.